The minimum Gasteiger partial charge on any atom is -0.293 e. The highest BCUT2D eigenvalue weighted by Gasteiger charge is 2.25. The Morgan fingerprint density at radius 2 is 1.94 bits per heavy atom. The van der Waals surface area contributed by atoms with Gasteiger partial charge < -0.3 is 0 Å². The molecule has 0 aliphatic carbocycles. The molecule has 80 valence electrons. The summed E-state index contributed by atoms with van der Waals surface area (Å²) in [6.45, 7) is 0. The Hall–Kier alpha value is -1.61. The lowest BCUT2D eigenvalue weighted by atomic mass is 10.1. The van der Waals surface area contributed by atoms with Crippen LogP contribution < -0.4 is 0 Å². The number of Topliss-reactive ketones (excluding diaryl/α,β-unsaturated/α-hetero) is 1. The van der Waals surface area contributed by atoms with Crippen molar-refractivity contribution in [2.24, 2.45) is 0 Å². The van der Waals surface area contributed by atoms with E-state index in [0.717, 1.165) is 10.9 Å². The van der Waals surface area contributed by atoms with Crippen molar-refractivity contribution >= 4 is 34.2 Å². The smallest absolute Gasteiger partial charge is 0.232 e. The Labute approximate surface area is 96.6 Å². The molecule has 3 rings (SSSR count). The highest BCUT2D eigenvalue weighted by Crippen LogP contribution is 2.27. The highest BCUT2D eigenvalue weighted by molar-refractivity contribution is 6.31. The van der Waals surface area contributed by atoms with Crippen LogP contribution in [0.4, 0.5) is 0 Å². The number of aromatic nitrogens is 1. The van der Waals surface area contributed by atoms with E-state index < -0.39 is 0 Å². The second kappa shape index (κ2) is 3.19. The maximum absolute atomic E-state index is 11.8. The molecule has 2 aromatic rings. The van der Waals surface area contributed by atoms with Crippen LogP contribution >= 0.6 is 11.6 Å². The van der Waals surface area contributed by atoms with Crippen molar-refractivity contribution in [3.05, 3.63) is 35.0 Å². The van der Waals surface area contributed by atoms with E-state index in [-0.39, 0.29) is 18.1 Å². The number of hydrogen-bond acceptors (Lipinski definition) is 2. The molecule has 0 unspecified atom stereocenters. The number of carbonyl (C=O) groups is 2. The fraction of sp³-hybridized carbons (Fsp3) is 0.167. The van der Waals surface area contributed by atoms with Crippen LogP contribution in [0.25, 0.3) is 10.9 Å². The van der Waals surface area contributed by atoms with Gasteiger partial charge in [-0.3, -0.25) is 14.2 Å². The summed E-state index contributed by atoms with van der Waals surface area (Å²) in [5.74, 6) is -0.00107. The van der Waals surface area contributed by atoms with Crippen LogP contribution in [0, 0.1) is 0 Å². The minimum atomic E-state index is -0.0214. The zero-order valence-corrected chi connectivity index (χ0v) is 9.12. The largest absolute Gasteiger partial charge is 0.293 e. The van der Waals surface area contributed by atoms with E-state index >= 15 is 0 Å². The molecule has 0 saturated heterocycles. The molecule has 0 atom stereocenters. The van der Waals surface area contributed by atoms with Gasteiger partial charge in [0.25, 0.3) is 0 Å². The lowest BCUT2D eigenvalue weighted by molar-refractivity contribution is 0.0821. The van der Waals surface area contributed by atoms with Crippen LogP contribution in [0.2, 0.25) is 5.02 Å². The predicted molar refractivity (Wildman–Crippen MR) is 61.1 cm³/mol. The van der Waals surface area contributed by atoms with E-state index in [1.807, 2.05) is 0 Å². The third kappa shape index (κ3) is 1.21. The van der Waals surface area contributed by atoms with Crippen molar-refractivity contribution in [3.63, 3.8) is 0 Å². The van der Waals surface area contributed by atoms with Gasteiger partial charge in [0, 0.05) is 23.3 Å². The van der Waals surface area contributed by atoms with E-state index in [4.69, 9.17) is 11.6 Å². The molecular formula is C12H8ClNO2. The summed E-state index contributed by atoms with van der Waals surface area (Å²) in [6.07, 6.45) is 0.598. The topological polar surface area (TPSA) is 39.1 Å². The van der Waals surface area contributed by atoms with Crippen LogP contribution in [0.5, 0.6) is 0 Å². The number of carbonyl (C=O) groups excluding carboxylic acids is 2. The van der Waals surface area contributed by atoms with Crippen LogP contribution in [0.3, 0.4) is 0 Å². The fourth-order valence-corrected chi connectivity index (χ4v) is 2.30. The number of benzene rings is 1. The number of rotatable bonds is 0. The Kier molecular flexibility index (Phi) is 1.91. The molecule has 1 aromatic heterocycles. The fourth-order valence-electron chi connectivity index (χ4n) is 2.12. The summed E-state index contributed by atoms with van der Waals surface area (Å²) >= 11 is 5.88. The lowest BCUT2D eigenvalue weighted by Crippen LogP contribution is -2.23. The van der Waals surface area contributed by atoms with Crippen molar-refractivity contribution in [2.75, 3.05) is 0 Å². The summed E-state index contributed by atoms with van der Waals surface area (Å²) in [4.78, 5) is 23.4. The van der Waals surface area contributed by atoms with E-state index in [1.165, 1.54) is 4.57 Å². The van der Waals surface area contributed by atoms with Gasteiger partial charge in [-0.05, 0) is 24.3 Å². The van der Waals surface area contributed by atoms with Crippen molar-refractivity contribution in [3.8, 4) is 0 Å². The quantitative estimate of drug-likeness (QED) is 0.702. The van der Waals surface area contributed by atoms with Crippen molar-refractivity contribution in [1.29, 1.82) is 0 Å². The first-order valence-electron chi connectivity index (χ1n) is 5.04. The van der Waals surface area contributed by atoms with Crippen molar-refractivity contribution < 1.29 is 9.59 Å². The summed E-state index contributed by atoms with van der Waals surface area (Å²) in [6, 6.07) is 7.00. The zero-order valence-electron chi connectivity index (χ0n) is 8.37. The van der Waals surface area contributed by atoms with Gasteiger partial charge in [0.05, 0.1) is 11.2 Å². The average Bonchev–Trinajstić information content (AvgIpc) is 2.63. The summed E-state index contributed by atoms with van der Waals surface area (Å²) in [5.41, 5.74) is 1.24. The standard InChI is InChI=1S/C12H8ClNO2/c13-8-1-2-9-7(5-8)6-10-11(15)3-4-12(16)14(9)10/h1-2,5-6H,3-4H2. The van der Waals surface area contributed by atoms with Gasteiger partial charge in [0.1, 0.15) is 0 Å². The molecule has 1 aliphatic heterocycles. The average molecular weight is 234 g/mol. The SMILES string of the molecule is O=C1CCC(=O)n2c1cc1cc(Cl)ccc12. The maximum atomic E-state index is 11.8. The zero-order chi connectivity index (χ0) is 11.3. The van der Waals surface area contributed by atoms with Gasteiger partial charge in [0.2, 0.25) is 5.91 Å². The van der Waals surface area contributed by atoms with Crippen LogP contribution in [-0.2, 0) is 0 Å². The molecule has 0 spiro atoms. The molecule has 2 heterocycles. The first-order chi connectivity index (χ1) is 7.66. The number of nitrogens with zero attached hydrogens (tertiary/aromatic N) is 1. The van der Waals surface area contributed by atoms with Gasteiger partial charge in [-0.2, -0.15) is 0 Å². The lowest BCUT2D eigenvalue weighted by Gasteiger charge is -2.12. The molecule has 0 amide bonds. The molecule has 1 aromatic carbocycles. The van der Waals surface area contributed by atoms with Gasteiger partial charge in [0.15, 0.2) is 5.78 Å². The second-order valence-electron chi connectivity index (χ2n) is 3.89. The van der Waals surface area contributed by atoms with Crippen LogP contribution in [0.15, 0.2) is 24.3 Å². The summed E-state index contributed by atoms with van der Waals surface area (Å²) in [5, 5.41) is 1.45. The van der Waals surface area contributed by atoms with E-state index in [0.29, 0.717) is 17.1 Å². The number of ketones is 1. The molecule has 0 radical (unpaired) electrons. The number of halogens is 1. The number of fused-ring (bicyclic) bond motifs is 3. The first kappa shape index (κ1) is 9.60. The Morgan fingerprint density at radius 1 is 1.12 bits per heavy atom. The highest BCUT2D eigenvalue weighted by atomic mass is 35.5. The summed E-state index contributed by atoms with van der Waals surface area (Å²) < 4.78 is 1.50. The Morgan fingerprint density at radius 3 is 2.75 bits per heavy atom. The molecule has 16 heavy (non-hydrogen) atoms. The normalized spacial score (nSPS) is 15.6. The van der Waals surface area contributed by atoms with Crippen LogP contribution in [-0.4, -0.2) is 16.3 Å². The third-order valence-electron chi connectivity index (χ3n) is 2.86. The molecule has 0 bridgehead atoms. The maximum Gasteiger partial charge on any atom is 0.232 e. The van der Waals surface area contributed by atoms with Crippen molar-refractivity contribution in [2.45, 2.75) is 12.8 Å². The minimum absolute atomic E-state index is 0.0203. The summed E-state index contributed by atoms with van der Waals surface area (Å²) in [7, 11) is 0. The molecule has 0 saturated carbocycles. The van der Waals surface area contributed by atoms with E-state index in [2.05, 4.69) is 0 Å². The van der Waals surface area contributed by atoms with E-state index in [1.54, 1.807) is 24.3 Å². The van der Waals surface area contributed by atoms with Gasteiger partial charge in [-0.1, -0.05) is 11.6 Å². The van der Waals surface area contributed by atoms with Crippen molar-refractivity contribution in [1.82, 2.24) is 4.57 Å². The molecule has 0 fully saturated rings. The molecular weight excluding hydrogens is 226 g/mol. The molecule has 1 aliphatic rings. The third-order valence-corrected chi connectivity index (χ3v) is 3.10. The predicted octanol–water partition coefficient (Wildman–Crippen LogP) is 2.91. The van der Waals surface area contributed by atoms with Crippen LogP contribution in [0.1, 0.15) is 28.1 Å². The molecule has 4 heteroatoms. The monoisotopic (exact) mass is 233 g/mol. The van der Waals surface area contributed by atoms with E-state index in [9.17, 15) is 9.59 Å². The van der Waals surface area contributed by atoms with Gasteiger partial charge in [-0.25, -0.2) is 0 Å². The van der Waals surface area contributed by atoms with Gasteiger partial charge in [-0.15, -0.1) is 0 Å². The number of hydrogen-bond donors (Lipinski definition) is 0. The first-order valence-corrected chi connectivity index (χ1v) is 5.42. The Bertz CT molecular complexity index is 627. The molecule has 3 nitrogen and oxygen atoms in total. The van der Waals surface area contributed by atoms with Gasteiger partial charge >= 0.3 is 0 Å². The molecule has 0 N–H and O–H groups in total. The second-order valence-corrected chi connectivity index (χ2v) is 4.32. The Balaban J connectivity index is 2.41.